The van der Waals surface area contributed by atoms with Gasteiger partial charge in [-0.15, -0.1) is 0 Å². The van der Waals surface area contributed by atoms with Crippen LogP contribution in [0.5, 0.6) is 0 Å². The quantitative estimate of drug-likeness (QED) is 0.917. The summed E-state index contributed by atoms with van der Waals surface area (Å²) >= 11 is 0. The Morgan fingerprint density at radius 1 is 1.17 bits per heavy atom. The van der Waals surface area contributed by atoms with E-state index in [1.54, 1.807) is 16.9 Å². The first-order valence-electron chi connectivity index (χ1n) is 8.78. The Kier molecular flexibility index (Phi) is 5.46. The molecule has 0 aromatic carbocycles. The molecule has 0 spiro atoms. The maximum absolute atomic E-state index is 12.2. The molecule has 3 heterocycles. The Morgan fingerprint density at radius 3 is 2.62 bits per heavy atom. The minimum atomic E-state index is -0.106. The van der Waals surface area contributed by atoms with Crippen LogP contribution >= 0.6 is 0 Å². The van der Waals surface area contributed by atoms with Crippen molar-refractivity contribution in [3.63, 3.8) is 0 Å². The average molecular weight is 327 g/mol. The molecule has 2 aromatic heterocycles. The molecule has 128 valence electrons. The topological polar surface area (TPSA) is 63.1 Å². The molecule has 0 radical (unpaired) electrons. The fourth-order valence-corrected chi connectivity index (χ4v) is 3.06. The van der Waals surface area contributed by atoms with Crippen LogP contribution in [0.2, 0.25) is 0 Å². The van der Waals surface area contributed by atoms with Crippen LogP contribution in [0.4, 0.5) is 5.82 Å². The van der Waals surface area contributed by atoms with Crippen LogP contribution in [0, 0.1) is 0 Å². The normalized spacial score (nSPS) is 15.1. The van der Waals surface area contributed by atoms with Gasteiger partial charge in [0.1, 0.15) is 11.5 Å². The van der Waals surface area contributed by atoms with Crippen molar-refractivity contribution in [2.45, 2.75) is 45.7 Å². The predicted octanol–water partition coefficient (Wildman–Crippen LogP) is 2.61. The maximum Gasteiger partial charge on any atom is 0.269 e. The first kappa shape index (κ1) is 16.5. The van der Waals surface area contributed by atoms with E-state index in [9.17, 15) is 4.79 Å². The van der Waals surface area contributed by atoms with Crippen LogP contribution in [-0.4, -0.2) is 33.8 Å². The summed E-state index contributed by atoms with van der Waals surface area (Å²) in [6.45, 7) is 5.30. The fourth-order valence-electron chi connectivity index (χ4n) is 3.06. The molecule has 6 heteroatoms. The van der Waals surface area contributed by atoms with E-state index < -0.39 is 0 Å². The molecule has 1 aliphatic rings. The minimum absolute atomic E-state index is 0.106. The maximum atomic E-state index is 12.2. The summed E-state index contributed by atoms with van der Waals surface area (Å²) in [4.78, 5) is 19.1. The number of nitrogens with one attached hydrogen (secondary N) is 1. The first-order valence-corrected chi connectivity index (χ1v) is 8.78. The number of aromatic nitrogens is 3. The third-order valence-electron chi connectivity index (χ3n) is 4.44. The van der Waals surface area contributed by atoms with Gasteiger partial charge in [-0.05, 0) is 37.5 Å². The van der Waals surface area contributed by atoms with Crippen molar-refractivity contribution in [3.8, 4) is 0 Å². The second-order valence-corrected chi connectivity index (χ2v) is 6.14. The summed E-state index contributed by atoms with van der Waals surface area (Å²) in [6.07, 6.45) is 8.62. The molecule has 1 N–H and O–H groups in total. The number of aryl methyl sites for hydroxylation is 1. The average Bonchev–Trinajstić information content (AvgIpc) is 2.94. The van der Waals surface area contributed by atoms with Crippen molar-refractivity contribution in [1.82, 2.24) is 20.1 Å². The van der Waals surface area contributed by atoms with E-state index in [0.717, 1.165) is 24.5 Å². The summed E-state index contributed by atoms with van der Waals surface area (Å²) in [7, 11) is 0. The lowest BCUT2D eigenvalue weighted by molar-refractivity contribution is 0.0940. The van der Waals surface area contributed by atoms with Crippen molar-refractivity contribution < 1.29 is 4.79 Å². The van der Waals surface area contributed by atoms with Crippen molar-refractivity contribution >= 4 is 11.7 Å². The molecule has 1 saturated heterocycles. The van der Waals surface area contributed by atoms with Gasteiger partial charge < -0.3 is 10.2 Å². The summed E-state index contributed by atoms with van der Waals surface area (Å²) in [6, 6.07) is 5.84. The highest BCUT2D eigenvalue weighted by Gasteiger charge is 2.12. The number of hydrogen-bond acceptors (Lipinski definition) is 4. The van der Waals surface area contributed by atoms with E-state index in [-0.39, 0.29) is 5.91 Å². The molecule has 0 aliphatic carbocycles. The lowest BCUT2D eigenvalue weighted by atomic mass is 10.2. The standard InChI is InChI=1S/C18H25N5O/c1-2-23-16(9-10-21-23)18(24)20-14-15-7-8-17(19-13-15)22-11-5-3-4-6-12-22/h7-10,13H,2-6,11-12,14H2,1H3,(H,20,24). The van der Waals surface area contributed by atoms with Gasteiger partial charge in [-0.25, -0.2) is 4.98 Å². The molecule has 0 bridgehead atoms. The largest absolute Gasteiger partial charge is 0.357 e. The Bertz CT molecular complexity index is 656. The van der Waals surface area contributed by atoms with Crippen molar-refractivity contribution in [1.29, 1.82) is 0 Å². The summed E-state index contributed by atoms with van der Waals surface area (Å²) in [5.74, 6) is 0.932. The number of carbonyl (C=O) groups excluding carboxylic acids is 1. The smallest absolute Gasteiger partial charge is 0.269 e. The highest BCUT2D eigenvalue weighted by atomic mass is 16.2. The number of anilines is 1. The van der Waals surface area contributed by atoms with Gasteiger partial charge in [0.2, 0.25) is 0 Å². The van der Waals surface area contributed by atoms with E-state index in [1.807, 2.05) is 19.2 Å². The number of pyridine rings is 1. The highest BCUT2D eigenvalue weighted by molar-refractivity contribution is 5.92. The Balaban J connectivity index is 1.57. The number of amides is 1. The van der Waals surface area contributed by atoms with Crippen LogP contribution in [-0.2, 0) is 13.1 Å². The molecule has 3 rings (SSSR count). The Hall–Kier alpha value is -2.37. The summed E-state index contributed by atoms with van der Waals surface area (Å²) in [5, 5.41) is 7.05. The van der Waals surface area contributed by atoms with E-state index in [0.29, 0.717) is 18.8 Å². The molecule has 1 aliphatic heterocycles. The van der Waals surface area contributed by atoms with Gasteiger partial charge in [-0.2, -0.15) is 5.10 Å². The molecule has 1 amide bonds. The molecule has 0 saturated carbocycles. The van der Waals surface area contributed by atoms with Crippen LogP contribution in [0.1, 0.15) is 48.7 Å². The first-order chi connectivity index (χ1) is 11.8. The third-order valence-corrected chi connectivity index (χ3v) is 4.44. The van der Waals surface area contributed by atoms with Gasteiger partial charge in [0.15, 0.2) is 0 Å². The molecular formula is C18H25N5O. The van der Waals surface area contributed by atoms with Crippen LogP contribution in [0.15, 0.2) is 30.6 Å². The van der Waals surface area contributed by atoms with Crippen LogP contribution in [0.3, 0.4) is 0 Å². The van der Waals surface area contributed by atoms with Gasteiger partial charge in [0.05, 0.1) is 0 Å². The van der Waals surface area contributed by atoms with E-state index in [1.165, 1.54) is 25.7 Å². The molecule has 24 heavy (non-hydrogen) atoms. The predicted molar refractivity (Wildman–Crippen MR) is 94.0 cm³/mol. The summed E-state index contributed by atoms with van der Waals surface area (Å²) in [5.41, 5.74) is 1.59. The van der Waals surface area contributed by atoms with Gasteiger partial charge in [-0.1, -0.05) is 18.9 Å². The molecule has 6 nitrogen and oxygen atoms in total. The second-order valence-electron chi connectivity index (χ2n) is 6.14. The number of hydrogen-bond donors (Lipinski definition) is 1. The summed E-state index contributed by atoms with van der Waals surface area (Å²) < 4.78 is 1.69. The van der Waals surface area contributed by atoms with Crippen molar-refractivity contribution in [2.24, 2.45) is 0 Å². The molecule has 1 fully saturated rings. The third kappa shape index (κ3) is 3.93. The second kappa shape index (κ2) is 7.95. The van der Waals surface area contributed by atoms with Gasteiger partial charge >= 0.3 is 0 Å². The van der Waals surface area contributed by atoms with E-state index >= 15 is 0 Å². The van der Waals surface area contributed by atoms with E-state index in [2.05, 4.69) is 26.4 Å². The molecular weight excluding hydrogens is 302 g/mol. The fraction of sp³-hybridized carbons (Fsp3) is 0.500. The van der Waals surface area contributed by atoms with Crippen LogP contribution < -0.4 is 10.2 Å². The minimum Gasteiger partial charge on any atom is -0.357 e. The Morgan fingerprint density at radius 2 is 1.96 bits per heavy atom. The zero-order valence-electron chi connectivity index (χ0n) is 14.2. The monoisotopic (exact) mass is 327 g/mol. The lowest BCUT2D eigenvalue weighted by Gasteiger charge is -2.21. The zero-order valence-corrected chi connectivity index (χ0v) is 14.2. The lowest BCUT2D eigenvalue weighted by Crippen LogP contribution is -2.26. The number of nitrogens with zero attached hydrogens (tertiary/aromatic N) is 4. The van der Waals surface area contributed by atoms with Crippen molar-refractivity contribution in [2.75, 3.05) is 18.0 Å². The number of rotatable bonds is 5. The van der Waals surface area contributed by atoms with Gasteiger partial charge in [0, 0.05) is 38.6 Å². The van der Waals surface area contributed by atoms with Crippen molar-refractivity contribution in [3.05, 3.63) is 41.9 Å². The molecule has 0 unspecified atom stereocenters. The highest BCUT2D eigenvalue weighted by Crippen LogP contribution is 2.17. The van der Waals surface area contributed by atoms with Gasteiger partial charge in [-0.3, -0.25) is 9.48 Å². The Labute approximate surface area is 142 Å². The number of carbonyl (C=O) groups is 1. The molecule has 0 atom stereocenters. The van der Waals surface area contributed by atoms with E-state index in [4.69, 9.17) is 0 Å². The molecule has 2 aromatic rings. The zero-order chi connectivity index (χ0) is 16.8. The van der Waals surface area contributed by atoms with Crippen LogP contribution in [0.25, 0.3) is 0 Å². The SMILES string of the molecule is CCn1nccc1C(=O)NCc1ccc(N2CCCCCC2)nc1. The van der Waals surface area contributed by atoms with Gasteiger partial charge in [0.25, 0.3) is 5.91 Å².